The molecule has 2 aromatic carbocycles. The van der Waals surface area contributed by atoms with Gasteiger partial charge in [-0.1, -0.05) is 24.3 Å². The Morgan fingerprint density at radius 3 is 2.32 bits per heavy atom. The van der Waals surface area contributed by atoms with E-state index < -0.39 is 28.1 Å². The van der Waals surface area contributed by atoms with E-state index in [9.17, 15) is 23.1 Å². The third-order valence-corrected chi connectivity index (χ3v) is 7.46. The molecule has 1 saturated heterocycles. The number of aryl methyl sites for hydroxylation is 1. The van der Waals surface area contributed by atoms with E-state index in [1.165, 1.54) is 24.0 Å². The van der Waals surface area contributed by atoms with Gasteiger partial charge in [-0.15, -0.1) is 0 Å². The molecule has 2 atom stereocenters. The van der Waals surface area contributed by atoms with Crippen molar-refractivity contribution in [2.45, 2.75) is 44.4 Å². The summed E-state index contributed by atoms with van der Waals surface area (Å²) in [5, 5.41) is 9.67. The molecule has 1 aliphatic heterocycles. The number of hydrogen-bond acceptors (Lipinski definition) is 5. The van der Waals surface area contributed by atoms with Gasteiger partial charge in [-0.3, -0.25) is 9.59 Å². The fourth-order valence-electron chi connectivity index (χ4n) is 3.78. The number of carboxylic acid groups (broad SMARTS) is 1. The summed E-state index contributed by atoms with van der Waals surface area (Å²) in [6.45, 7) is 5.27. The Hall–Kier alpha value is -2.91. The molecule has 0 radical (unpaired) electrons. The molecule has 1 heterocycles. The standard InChI is InChI=1S/C22H26N2O6S/c1-15-6-4-5-7-18(15)14-30-19-8-10-20(11-9-19)31(28,29)24-13-12-23(17(3)25)16(2)21(24)22(26)27/h4-11,16,21H,12-14H2,1-3H3,(H,26,27). The Morgan fingerprint density at radius 2 is 1.74 bits per heavy atom. The van der Waals surface area contributed by atoms with E-state index in [0.29, 0.717) is 12.4 Å². The van der Waals surface area contributed by atoms with E-state index in [1.807, 2.05) is 31.2 Å². The van der Waals surface area contributed by atoms with Gasteiger partial charge in [-0.25, -0.2) is 8.42 Å². The monoisotopic (exact) mass is 446 g/mol. The van der Waals surface area contributed by atoms with Crippen LogP contribution in [-0.2, 0) is 26.2 Å². The second kappa shape index (κ2) is 9.07. The zero-order chi connectivity index (χ0) is 22.8. The molecular formula is C22H26N2O6S. The second-order valence-corrected chi connectivity index (χ2v) is 9.43. The molecular weight excluding hydrogens is 420 g/mol. The van der Waals surface area contributed by atoms with Crippen molar-refractivity contribution in [3.05, 3.63) is 59.7 Å². The largest absolute Gasteiger partial charge is 0.489 e. The zero-order valence-corrected chi connectivity index (χ0v) is 18.5. The smallest absolute Gasteiger partial charge is 0.324 e. The van der Waals surface area contributed by atoms with Crippen molar-refractivity contribution < 1.29 is 27.9 Å². The first kappa shape index (κ1) is 22.8. The van der Waals surface area contributed by atoms with Crippen LogP contribution in [0.3, 0.4) is 0 Å². The summed E-state index contributed by atoms with van der Waals surface area (Å²) in [5.41, 5.74) is 2.13. The van der Waals surface area contributed by atoms with Crippen molar-refractivity contribution in [3.8, 4) is 5.75 Å². The van der Waals surface area contributed by atoms with Gasteiger partial charge in [0, 0.05) is 20.0 Å². The van der Waals surface area contributed by atoms with Gasteiger partial charge in [-0.2, -0.15) is 4.31 Å². The molecule has 31 heavy (non-hydrogen) atoms. The summed E-state index contributed by atoms with van der Waals surface area (Å²) < 4.78 is 33.1. The Labute approximate surface area is 182 Å². The van der Waals surface area contributed by atoms with E-state index in [2.05, 4.69) is 0 Å². The number of rotatable bonds is 6. The third-order valence-electron chi connectivity index (χ3n) is 5.56. The minimum Gasteiger partial charge on any atom is -0.489 e. The second-order valence-electron chi connectivity index (χ2n) is 7.54. The van der Waals surface area contributed by atoms with Crippen LogP contribution in [0.15, 0.2) is 53.4 Å². The van der Waals surface area contributed by atoms with Crippen LogP contribution >= 0.6 is 0 Å². The van der Waals surface area contributed by atoms with Crippen molar-refractivity contribution in [3.63, 3.8) is 0 Å². The van der Waals surface area contributed by atoms with Crippen molar-refractivity contribution in [1.82, 2.24) is 9.21 Å². The number of aliphatic carboxylic acids is 1. The Bertz CT molecular complexity index is 1070. The number of hydrogen-bond donors (Lipinski definition) is 1. The lowest BCUT2D eigenvalue weighted by molar-refractivity contribution is -0.148. The Balaban J connectivity index is 1.79. The third kappa shape index (κ3) is 4.72. The van der Waals surface area contributed by atoms with Gasteiger partial charge < -0.3 is 14.7 Å². The molecule has 0 bridgehead atoms. The first-order chi connectivity index (χ1) is 14.6. The summed E-state index contributed by atoms with van der Waals surface area (Å²) in [6.07, 6.45) is 0. The van der Waals surface area contributed by atoms with Gasteiger partial charge in [-0.05, 0) is 49.2 Å². The highest BCUT2D eigenvalue weighted by molar-refractivity contribution is 7.89. The van der Waals surface area contributed by atoms with Crippen LogP contribution in [-0.4, -0.2) is 59.8 Å². The number of sulfonamides is 1. The molecule has 0 aromatic heterocycles. The van der Waals surface area contributed by atoms with Gasteiger partial charge in [0.2, 0.25) is 15.9 Å². The molecule has 2 aromatic rings. The first-order valence-electron chi connectivity index (χ1n) is 9.92. The number of benzene rings is 2. The summed E-state index contributed by atoms with van der Waals surface area (Å²) >= 11 is 0. The van der Waals surface area contributed by atoms with Crippen LogP contribution in [0.2, 0.25) is 0 Å². The molecule has 9 heteroatoms. The van der Waals surface area contributed by atoms with E-state index in [-0.39, 0.29) is 23.9 Å². The van der Waals surface area contributed by atoms with Crippen molar-refractivity contribution in [2.75, 3.05) is 13.1 Å². The molecule has 3 rings (SSSR count). The summed E-state index contributed by atoms with van der Waals surface area (Å²) in [5.74, 6) is -1.07. The number of carbonyl (C=O) groups is 2. The molecule has 2 unspecified atom stereocenters. The van der Waals surface area contributed by atoms with Crippen LogP contribution < -0.4 is 4.74 Å². The predicted octanol–water partition coefficient (Wildman–Crippen LogP) is 2.27. The lowest BCUT2D eigenvalue weighted by Crippen LogP contribution is -2.63. The Morgan fingerprint density at radius 1 is 1.10 bits per heavy atom. The molecule has 1 N–H and O–H groups in total. The number of carboxylic acids is 1. The van der Waals surface area contributed by atoms with Crippen molar-refractivity contribution in [1.29, 1.82) is 0 Å². The lowest BCUT2D eigenvalue weighted by Gasteiger charge is -2.43. The average molecular weight is 447 g/mol. The van der Waals surface area contributed by atoms with E-state index in [4.69, 9.17) is 4.74 Å². The molecule has 8 nitrogen and oxygen atoms in total. The molecule has 0 saturated carbocycles. The van der Waals surface area contributed by atoms with Crippen molar-refractivity contribution in [2.24, 2.45) is 0 Å². The molecule has 1 fully saturated rings. The minimum absolute atomic E-state index is 0.0227. The lowest BCUT2D eigenvalue weighted by atomic mass is 10.1. The normalized spacial score (nSPS) is 19.8. The van der Waals surface area contributed by atoms with Crippen LogP contribution in [0.1, 0.15) is 25.0 Å². The summed E-state index contributed by atoms with van der Waals surface area (Å²) in [4.78, 5) is 25.0. The number of ether oxygens (including phenoxy) is 1. The van der Waals surface area contributed by atoms with Crippen LogP contribution in [0.25, 0.3) is 0 Å². The minimum atomic E-state index is -4.07. The highest BCUT2D eigenvalue weighted by atomic mass is 32.2. The van der Waals surface area contributed by atoms with Crippen molar-refractivity contribution >= 4 is 21.9 Å². The summed E-state index contributed by atoms with van der Waals surface area (Å²) in [7, 11) is -4.07. The van der Waals surface area contributed by atoms with E-state index in [1.54, 1.807) is 19.1 Å². The fraction of sp³-hybridized carbons (Fsp3) is 0.364. The number of nitrogens with zero attached hydrogens (tertiary/aromatic N) is 2. The van der Waals surface area contributed by atoms with Gasteiger partial charge in [0.15, 0.2) is 0 Å². The maximum Gasteiger partial charge on any atom is 0.324 e. The van der Waals surface area contributed by atoms with Gasteiger partial charge in [0.1, 0.15) is 18.4 Å². The quantitative estimate of drug-likeness (QED) is 0.730. The van der Waals surface area contributed by atoms with Gasteiger partial charge in [0.25, 0.3) is 0 Å². The van der Waals surface area contributed by atoms with E-state index >= 15 is 0 Å². The number of amides is 1. The number of piperazine rings is 1. The molecule has 1 amide bonds. The first-order valence-corrected chi connectivity index (χ1v) is 11.4. The maximum absolute atomic E-state index is 13.2. The molecule has 0 aliphatic carbocycles. The fourth-order valence-corrected chi connectivity index (χ4v) is 5.42. The van der Waals surface area contributed by atoms with Crippen LogP contribution in [0, 0.1) is 6.92 Å². The zero-order valence-electron chi connectivity index (χ0n) is 17.7. The SMILES string of the molecule is CC(=O)N1CCN(S(=O)(=O)c2ccc(OCc3ccccc3C)cc2)C(C(=O)O)C1C. The van der Waals surface area contributed by atoms with Gasteiger partial charge in [0.05, 0.1) is 10.9 Å². The highest BCUT2D eigenvalue weighted by Gasteiger charge is 2.45. The molecule has 166 valence electrons. The Kier molecular flexibility index (Phi) is 6.66. The summed E-state index contributed by atoms with van der Waals surface area (Å²) in [6, 6.07) is 11.6. The van der Waals surface area contributed by atoms with Gasteiger partial charge >= 0.3 is 5.97 Å². The maximum atomic E-state index is 13.2. The molecule has 0 spiro atoms. The van der Waals surface area contributed by atoms with Crippen LogP contribution in [0.4, 0.5) is 0 Å². The van der Waals surface area contributed by atoms with E-state index in [0.717, 1.165) is 15.4 Å². The number of carbonyl (C=O) groups excluding carboxylic acids is 1. The molecule has 1 aliphatic rings. The highest BCUT2D eigenvalue weighted by Crippen LogP contribution is 2.27. The van der Waals surface area contributed by atoms with Crippen LogP contribution in [0.5, 0.6) is 5.75 Å². The average Bonchev–Trinajstić information content (AvgIpc) is 2.72. The topological polar surface area (TPSA) is 104 Å². The predicted molar refractivity (Wildman–Crippen MR) is 114 cm³/mol.